The largest absolute Gasteiger partial charge is 0.368 e. The molecule has 0 bridgehead atoms. The van der Waals surface area contributed by atoms with Crippen molar-refractivity contribution in [2.75, 3.05) is 5.75 Å². The molecule has 0 spiro atoms. The van der Waals surface area contributed by atoms with Gasteiger partial charge in [-0.2, -0.15) is 12.6 Å². The average Bonchev–Trinajstić information content (AvgIpc) is 2.64. The maximum absolute atomic E-state index is 12.8. The molecule has 0 aromatic carbocycles. The van der Waals surface area contributed by atoms with Crippen molar-refractivity contribution >= 4 is 42.2 Å². The van der Waals surface area contributed by atoms with Gasteiger partial charge in [-0.25, -0.2) is 0 Å². The first kappa shape index (κ1) is 28.7. The monoisotopic (exact) mass is 459 g/mol. The zero-order valence-corrected chi connectivity index (χ0v) is 20.2. The summed E-state index contributed by atoms with van der Waals surface area (Å²) in [6.45, 7) is 11.8. The predicted molar refractivity (Wildman–Crippen MR) is 121 cm³/mol. The van der Waals surface area contributed by atoms with Crippen LogP contribution in [0.15, 0.2) is 0 Å². The third-order valence-corrected chi connectivity index (χ3v) is 5.01. The third-order valence-electron chi connectivity index (χ3n) is 4.64. The van der Waals surface area contributed by atoms with Gasteiger partial charge >= 0.3 is 0 Å². The molecule has 0 aliphatic carbocycles. The van der Waals surface area contributed by atoms with Crippen LogP contribution in [0.5, 0.6) is 0 Å². The topological polar surface area (TPSA) is 159 Å². The van der Waals surface area contributed by atoms with Gasteiger partial charge in [-0.3, -0.25) is 24.0 Å². The summed E-state index contributed by atoms with van der Waals surface area (Å²) in [6.07, 6.45) is 0. The minimum Gasteiger partial charge on any atom is -0.368 e. The van der Waals surface area contributed by atoms with E-state index in [1.54, 1.807) is 41.5 Å². The van der Waals surface area contributed by atoms with Crippen molar-refractivity contribution in [1.29, 1.82) is 0 Å². The zero-order valence-electron chi connectivity index (χ0n) is 19.3. The summed E-state index contributed by atoms with van der Waals surface area (Å²) in [4.78, 5) is 61.0. The number of hydrogen-bond donors (Lipinski definition) is 6. The fraction of sp³-hybridized carbons (Fsp3) is 0.750. The Bertz CT molecular complexity index is 668. The molecule has 0 rings (SSSR count). The molecule has 10 nitrogen and oxygen atoms in total. The van der Waals surface area contributed by atoms with Crippen LogP contribution in [-0.4, -0.2) is 59.5 Å². The highest BCUT2D eigenvalue weighted by Gasteiger charge is 2.32. The molecule has 0 radical (unpaired) electrons. The van der Waals surface area contributed by atoms with E-state index >= 15 is 0 Å². The lowest BCUT2D eigenvalue weighted by Gasteiger charge is -2.28. The van der Waals surface area contributed by atoms with E-state index in [0.717, 1.165) is 0 Å². The molecule has 0 saturated carbocycles. The highest BCUT2D eigenvalue weighted by Crippen LogP contribution is 2.08. The Morgan fingerprint density at radius 2 is 1.06 bits per heavy atom. The van der Waals surface area contributed by atoms with Crippen LogP contribution in [0.1, 0.15) is 48.5 Å². The van der Waals surface area contributed by atoms with Crippen LogP contribution >= 0.6 is 12.6 Å². The van der Waals surface area contributed by atoms with Gasteiger partial charge in [0, 0.05) is 12.7 Å². The average molecular weight is 460 g/mol. The smallest absolute Gasteiger partial charge is 0.244 e. The Balaban J connectivity index is 5.35. The first-order valence-electron chi connectivity index (χ1n) is 10.3. The number of thiol groups is 1. The van der Waals surface area contributed by atoms with Gasteiger partial charge < -0.3 is 27.0 Å². The van der Waals surface area contributed by atoms with Gasteiger partial charge in [0.25, 0.3) is 0 Å². The van der Waals surface area contributed by atoms with Crippen molar-refractivity contribution in [2.24, 2.45) is 23.5 Å². The summed E-state index contributed by atoms with van der Waals surface area (Å²) in [5, 5.41) is 10.3. The Hall–Kier alpha value is -2.30. The van der Waals surface area contributed by atoms with Crippen molar-refractivity contribution in [3.05, 3.63) is 0 Å². The number of rotatable bonds is 12. The molecule has 0 aliphatic heterocycles. The van der Waals surface area contributed by atoms with Crippen LogP contribution in [-0.2, 0) is 24.0 Å². The number of hydrogen-bond acceptors (Lipinski definition) is 6. The number of carbonyl (C=O) groups is 5. The minimum absolute atomic E-state index is 0.0230. The Kier molecular flexibility index (Phi) is 12.2. The first-order valence-corrected chi connectivity index (χ1v) is 10.9. The second-order valence-electron chi connectivity index (χ2n) is 8.53. The van der Waals surface area contributed by atoms with Crippen molar-refractivity contribution in [3.63, 3.8) is 0 Å². The van der Waals surface area contributed by atoms with Crippen LogP contribution in [0, 0.1) is 17.8 Å². The molecule has 0 aromatic rings. The predicted octanol–water partition coefficient (Wildman–Crippen LogP) is -0.671. The van der Waals surface area contributed by atoms with Gasteiger partial charge in [0.2, 0.25) is 29.5 Å². The van der Waals surface area contributed by atoms with Gasteiger partial charge in [-0.15, -0.1) is 0 Å². The molecular formula is C20H37N5O5S. The number of amides is 5. The lowest BCUT2D eigenvalue weighted by Crippen LogP contribution is -2.60. The third kappa shape index (κ3) is 9.58. The maximum atomic E-state index is 12.8. The molecule has 0 aliphatic rings. The van der Waals surface area contributed by atoms with Crippen molar-refractivity contribution in [1.82, 2.24) is 21.3 Å². The molecule has 5 amide bonds. The van der Waals surface area contributed by atoms with E-state index in [4.69, 9.17) is 5.73 Å². The lowest BCUT2D eigenvalue weighted by molar-refractivity contribution is -0.135. The number of primary amides is 1. The van der Waals surface area contributed by atoms with E-state index in [2.05, 4.69) is 33.9 Å². The van der Waals surface area contributed by atoms with E-state index in [0.29, 0.717) is 0 Å². The van der Waals surface area contributed by atoms with E-state index in [9.17, 15) is 24.0 Å². The minimum atomic E-state index is -1.03. The molecule has 178 valence electrons. The summed E-state index contributed by atoms with van der Waals surface area (Å²) >= 11 is 4.13. The van der Waals surface area contributed by atoms with Gasteiger partial charge in [-0.1, -0.05) is 41.5 Å². The quantitative estimate of drug-likeness (QED) is 0.213. The summed E-state index contributed by atoms with van der Waals surface area (Å²) in [7, 11) is 0. The molecule has 0 fully saturated rings. The zero-order chi connectivity index (χ0) is 24.5. The molecule has 0 saturated heterocycles. The Morgan fingerprint density at radius 3 is 1.42 bits per heavy atom. The van der Waals surface area contributed by atoms with Crippen LogP contribution in [0.25, 0.3) is 0 Å². The van der Waals surface area contributed by atoms with Crippen LogP contribution < -0.4 is 27.0 Å². The molecule has 31 heavy (non-hydrogen) atoms. The van der Waals surface area contributed by atoms with Crippen molar-refractivity contribution < 1.29 is 24.0 Å². The van der Waals surface area contributed by atoms with Gasteiger partial charge in [-0.05, 0) is 17.8 Å². The number of nitrogens with one attached hydrogen (secondary N) is 4. The summed E-state index contributed by atoms with van der Waals surface area (Å²) < 4.78 is 0. The molecule has 6 N–H and O–H groups in total. The van der Waals surface area contributed by atoms with Crippen LogP contribution in [0.3, 0.4) is 0 Å². The van der Waals surface area contributed by atoms with Crippen molar-refractivity contribution in [3.8, 4) is 0 Å². The highest BCUT2D eigenvalue weighted by atomic mass is 32.1. The van der Waals surface area contributed by atoms with Crippen molar-refractivity contribution in [2.45, 2.75) is 72.6 Å². The SMILES string of the molecule is CC(=O)N[C@H](C(=O)N[C@@H](CS)C(=O)N[C@H](C(=O)N[C@H](C(N)=O)C(C)C)C(C)C)C(C)C. The standard InChI is InChI=1S/C20H37N5O5S/c1-9(2)14(17(21)27)24-20(30)16(11(5)6)25-18(28)13(8-31)23-19(29)15(10(3)4)22-12(7)26/h9-11,13-16,31H,8H2,1-7H3,(H2,21,27)(H,22,26)(H,23,29)(H,24,30)(H,25,28)/t13-,14-,15-,16-/m0/s1. The van der Waals surface area contributed by atoms with E-state index in [-0.39, 0.29) is 29.4 Å². The molecule has 4 atom stereocenters. The molecule has 0 aromatic heterocycles. The second kappa shape index (κ2) is 13.2. The number of nitrogens with two attached hydrogens (primary N) is 1. The summed E-state index contributed by atoms with van der Waals surface area (Å²) in [6, 6.07) is -3.68. The molecule has 0 heterocycles. The fourth-order valence-electron chi connectivity index (χ4n) is 2.81. The Morgan fingerprint density at radius 1 is 0.677 bits per heavy atom. The van der Waals surface area contributed by atoms with Gasteiger partial charge in [0.1, 0.15) is 24.2 Å². The van der Waals surface area contributed by atoms with Gasteiger partial charge in [0.15, 0.2) is 0 Å². The molecule has 0 unspecified atom stereocenters. The number of carbonyl (C=O) groups excluding carboxylic acids is 5. The van der Waals surface area contributed by atoms with E-state index in [1.165, 1.54) is 6.92 Å². The van der Waals surface area contributed by atoms with Crippen LogP contribution in [0.2, 0.25) is 0 Å². The Labute approximate surface area is 189 Å². The maximum Gasteiger partial charge on any atom is 0.244 e. The van der Waals surface area contributed by atoms with E-state index < -0.39 is 47.8 Å². The summed E-state index contributed by atoms with van der Waals surface area (Å²) in [5.41, 5.74) is 5.35. The molecular weight excluding hydrogens is 422 g/mol. The fourth-order valence-corrected chi connectivity index (χ4v) is 3.06. The van der Waals surface area contributed by atoms with Crippen LogP contribution in [0.4, 0.5) is 0 Å². The van der Waals surface area contributed by atoms with E-state index in [1.807, 2.05) is 0 Å². The first-order chi connectivity index (χ1) is 14.2. The normalized spacial score (nSPS) is 15.1. The van der Waals surface area contributed by atoms with Gasteiger partial charge in [0.05, 0.1) is 0 Å². The molecule has 11 heteroatoms. The lowest BCUT2D eigenvalue weighted by atomic mass is 9.99. The summed E-state index contributed by atoms with van der Waals surface area (Å²) in [5.74, 6) is -3.49. The second-order valence-corrected chi connectivity index (χ2v) is 8.89. The highest BCUT2D eigenvalue weighted by molar-refractivity contribution is 7.80.